The molecule has 1 aliphatic heterocycles. The first-order chi connectivity index (χ1) is 18.6. The van der Waals surface area contributed by atoms with E-state index in [1.807, 2.05) is 56.3 Å². The Morgan fingerprint density at radius 2 is 1.39 bits per heavy atom. The summed E-state index contributed by atoms with van der Waals surface area (Å²) in [5.41, 5.74) is 5.03. The number of aromatic nitrogens is 2. The van der Waals surface area contributed by atoms with E-state index in [0.717, 1.165) is 69.8 Å². The van der Waals surface area contributed by atoms with Gasteiger partial charge in [-0.15, -0.1) is 30.7 Å². The van der Waals surface area contributed by atoms with Crippen molar-refractivity contribution in [2.45, 2.75) is 46.5 Å². The van der Waals surface area contributed by atoms with Crippen LogP contribution in [0.25, 0.3) is 0 Å². The van der Waals surface area contributed by atoms with Crippen molar-refractivity contribution < 1.29 is 0 Å². The second-order valence-corrected chi connectivity index (χ2v) is 11.2. The number of nitrogens with zero attached hydrogens (tertiary/aromatic N) is 9. The SMILES string of the molecule is CCCc1nnc(N=Nc2ccc(N=Nc3ccc(N=Nc4ccc(N5CCCC5)s4)cc3C)cc2C)s1. The largest absolute Gasteiger partial charge is 0.363 e. The summed E-state index contributed by atoms with van der Waals surface area (Å²) in [5.74, 6) is 0. The number of anilines is 1. The molecule has 1 saturated heterocycles. The highest BCUT2D eigenvalue weighted by atomic mass is 32.1. The van der Waals surface area contributed by atoms with Crippen LogP contribution in [0.5, 0.6) is 0 Å². The lowest BCUT2D eigenvalue weighted by molar-refractivity contribution is 0.877. The molecule has 1 aliphatic rings. The molecule has 0 spiro atoms. The first kappa shape index (κ1) is 25.9. The Morgan fingerprint density at radius 1 is 0.737 bits per heavy atom. The average Bonchev–Trinajstić information content (AvgIpc) is 3.69. The van der Waals surface area contributed by atoms with E-state index in [9.17, 15) is 0 Å². The molecule has 5 rings (SSSR count). The number of benzene rings is 2. The molecule has 2 aromatic heterocycles. The molecule has 2 aromatic carbocycles. The van der Waals surface area contributed by atoms with Gasteiger partial charge in [0.05, 0.1) is 27.8 Å². The summed E-state index contributed by atoms with van der Waals surface area (Å²) < 4.78 is 0. The summed E-state index contributed by atoms with van der Waals surface area (Å²) in [6, 6.07) is 15.7. The molecule has 0 unspecified atom stereocenters. The highest BCUT2D eigenvalue weighted by molar-refractivity contribution is 7.19. The molecule has 0 saturated carbocycles. The molecule has 0 bridgehead atoms. The van der Waals surface area contributed by atoms with E-state index >= 15 is 0 Å². The minimum Gasteiger partial charge on any atom is -0.363 e. The van der Waals surface area contributed by atoms with Gasteiger partial charge in [0.15, 0.2) is 0 Å². The fraction of sp³-hybridized carbons (Fsp3) is 0.333. The molecule has 9 nitrogen and oxygen atoms in total. The maximum absolute atomic E-state index is 4.45. The lowest BCUT2D eigenvalue weighted by atomic mass is 10.2. The molecule has 0 radical (unpaired) electrons. The summed E-state index contributed by atoms with van der Waals surface area (Å²) in [6.07, 6.45) is 4.47. The van der Waals surface area contributed by atoms with Gasteiger partial charge in [0.2, 0.25) is 0 Å². The van der Waals surface area contributed by atoms with Crippen molar-refractivity contribution in [3.63, 3.8) is 0 Å². The van der Waals surface area contributed by atoms with E-state index in [-0.39, 0.29) is 0 Å². The van der Waals surface area contributed by atoms with Gasteiger partial charge in [-0.2, -0.15) is 10.2 Å². The summed E-state index contributed by atoms with van der Waals surface area (Å²) >= 11 is 3.15. The normalized spacial score (nSPS) is 14.1. The van der Waals surface area contributed by atoms with Crippen molar-refractivity contribution in [2.75, 3.05) is 18.0 Å². The predicted molar refractivity (Wildman–Crippen MR) is 155 cm³/mol. The van der Waals surface area contributed by atoms with E-state index in [0.29, 0.717) is 5.13 Å². The molecule has 194 valence electrons. The Labute approximate surface area is 230 Å². The second-order valence-electron chi connectivity index (χ2n) is 9.08. The standard InChI is InChI=1S/C27H29N9S2/c1-4-7-24-33-35-27(38-24)34-31-23-11-8-20(16-19(23)3)28-30-22-10-9-21(17-18(22)2)29-32-25-12-13-26(37-25)36-14-5-6-15-36/h8-13,16-17H,4-7,14-15H2,1-3H3. The lowest BCUT2D eigenvalue weighted by Crippen LogP contribution is -2.15. The Kier molecular flexibility index (Phi) is 8.34. The number of rotatable bonds is 9. The van der Waals surface area contributed by atoms with Crippen molar-refractivity contribution >= 4 is 60.6 Å². The smallest absolute Gasteiger partial charge is 0.251 e. The zero-order chi connectivity index (χ0) is 26.3. The number of azo groups is 3. The third kappa shape index (κ3) is 6.59. The number of hydrogen-bond acceptors (Lipinski definition) is 11. The molecule has 3 heterocycles. The zero-order valence-corrected chi connectivity index (χ0v) is 23.3. The lowest BCUT2D eigenvalue weighted by Gasteiger charge is -2.13. The van der Waals surface area contributed by atoms with Crippen LogP contribution in [0.2, 0.25) is 0 Å². The van der Waals surface area contributed by atoms with Gasteiger partial charge in [-0.1, -0.05) is 29.6 Å². The van der Waals surface area contributed by atoms with E-state index in [1.165, 1.54) is 29.2 Å². The molecule has 0 N–H and O–H groups in total. The van der Waals surface area contributed by atoms with Crippen LogP contribution < -0.4 is 4.90 Å². The van der Waals surface area contributed by atoms with Crippen LogP contribution in [0.1, 0.15) is 42.3 Å². The molecule has 11 heteroatoms. The van der Waals surface area contributed by atoms with Crippen molar-refractivity contribution in [1.82, 2.24) is 10.2 Å². The number of hydrogen-bond donors (Lipinski definition) is 0. The fourth-order valence-corrected chi connectivity index (χ4v) is 5.66. The molecular formula is C27H29N9S2. The van der Waals surface area contributed by atoms with Crippen molar-refractivity contribution in [1.29, 1.82) is 0 Å². The number of aryl methyl sites for hydroxylation is 3. The van der Waals surface area contributed by atoms with Gasteiger partial charge in [-0.3, -0.25) is 0 Å². The van der Waals surface area contributed by atoms with E-state index < -0.39 is 0 Å². The third-order valence-corrected chi connectivity index (χ3v) is 7.95. The molecule has 4 aromatic rings. The molecule has 0 aliphatic carbocycles. The van der Waals surface area contributed by atoms with Gasteiger partial charge in [0.25, 0.3) is 5.13 Å². The third-order valence-electron chi connectivity index (χ3n) is 6.06. The Morgan fingerprint density at radius 3 is 2.05 bits per heavy atom. The van der Waals surface area contributed by atoms with E-state index in [1.54, 1.807) is 11.3 Å². The summed E-state index contributed by atoms with van der Waals surface area (Å²) in [4.78, 5) is 2.41. The Bertz CT molecular complexity index is 1480. The van der Waals surface area contributed by atoms with Gasteiger partial charge < -0.3 is 4.90 Å². The Balaban J connectivity index is 1.21. The van der Waals surface area contributed by atoms with Crippen molar-refractivity contribution in [3.05, 3.63) is 64.7 Å². The highest BCUT2D eigenvalue weighted by Crippen LogP contribution is 2.35. The van der Waals surface area contributed by atoms with Crippen LogP contribution in [-0.2, 0) is 6.42 Å². The zero-order valence-electron chi connectivity index (χ0n) is 21.7. The minimum atomic E-state index is 0.567. The van der Waals surface area contributed by atoms with Crippen molar-refractivity contribution in [3.8, 4) is 0 Å². The average molecular weight is 544 g/mol. The van der Waals surface area contributed by atoms with Gasteiger partial charge in [0, 0.05) is 19.5 Å². The van der Waals surface area contributed by atoms with Crippen LogP contribution in [0.4, 0.5) is 37.9 Å². The van der Waals surface area contributed by atoms with Crippen LogP contribution in [0, 0.1) is 13.8 Å². The van der Waals surface area contributed by atoms with E-state index in [2.05, 4.69) is 58.8 Å². The fourth-order valence-electron chi connectivity index (χ4n) is 4.02. The maximum Gasteiger partial charge on any atom is 0.251 e. The first-order valence-corrected chi connectivity index (χ1v) is 14.3. The summed E-state index contributed by atoms with van der Waals surface area (Å²) in [5, 5.41) is 38.2. The van der Waals surface area contributed by atoms with Crippen LogP contribution in [-0.4, -0.2) is 23.3 Å². The molecule has 0 amide bonds. The van der Waals surface area contributed by atoms with Gasteiger partial charge >= 0.3 is 0 Å². The molecular weight excluding hydrogens is 514 g/mol. The Hall–Kier alpha value is -3.70. The topological polar surface area (TPSA) is 103 Å². The predicted octanol–water partition coefficient (Wildman–Crippen LogP) is 10.0. The minimum absolute atomic E-state index is 0.567. The first-order valence-electron chi connectivity index (χ1n) is 12.7. The molecule has 1 fully saturated rings. The van der Waals surface area contributed by atoms with Crippen LogP contribution in [0.3, 0.4) is 0 Å². The van der Waals surface area contributed by atoms with Crippen molar-refractivity contribution in [2.24, 2.45) is 30.7 Å². The van der Waals surface area contributed by atoms with Crippen LogP contribution >= 0.6 is 22.7 Å². The van der Waals surface area contributed by atoms with Crippen LogP contribution in [0.15, 0.2) is 79.2 Å². The monoisotopic (exact) mass is 543 g/mol. The molecule has 0 atom stereocenters. The van der Waals surface area contributed by atoms with Gasteiger partial charge in [-0.25, -0.2) is 0 Å². The maximum atomic E-state index is 4.45. The molecule has 38 heavy (non-hydrogen) atoms. The van der Waals surface area contributed by atoms with Gasteiger partial charge in [0.1, 0.15) is 10.0 Å². The quantitative estimate of drug-likeness (QED) is 0.196. The summed E-state index contributed by atoms with van der Waals surface area (Å²) in [6.45, 7) is 8.35. The second kappa shape index (κ2) is 12.2. The summed E-state index contributed by atoms with van der Waals surface area (Å²) in [7, 11) is 0. The highest BCUT2D eigenvalue weighted by Gasteiger charge is 2.14. The van der Waals surface area contributed by atoms with Gasteiger partial charge in [-0.05, 0) is 92.8 Å². The number of thiophene rings is 1. The van der Waals surface area contributed by atoms with E-state index in [4.69, 9.17) is 0 Å².